The Kier molecular flexibility index (Phi) is 4.98. The fourth-order valence-corrected chi connectivity index (χ4v) is 3.08. The third-order valence-corrected chi connectivity index (χ3v) is 4.21. The van der Waals surface area contributed by atoms with Gasteiger partial charge in [0, 0.05) is 31.4 Å². The summed E-state index contributed by atoms with van der Waals surface area (Å²) >= 11 is 0. The molecule has 23 heavy (non-hydrogen) atoms. The minimum atomic E-state index is 0.179. The molecule has 0 saturated carbocycles. The van der Waals surface area contributed by atoms with Crippen molar-refractivity contribution in [2.45, 2.75) is 33.0 Å². The van der Waals surface area contributed by atoms with Crippen LogP contribution in [-0.4, -0.2) is 47.6 Å². The van der Waals surface area contributed by atoms with Crippen molar-refractivity contribution in [3.05, 3.63) is 47.3 Å². The molecule has 1 saturated heterocycles. The van der Waals surface area contributed by atoms with E-state index >= 15 is 0 Å². The summed E-state index contributed by atoms with van der Waals surface area (Å²) in [6.07, 6.45) is 4.13. The summed E-state index contributed by atoms with van der Waals surface area (Å²) in [7, 11) is 1.73. The number of benzene rings is 1. The van der Waals surface area contributed by atoms with Gasteiger partial charge < -0.3 is 9.47 Å². The Morgan fingerprint density at radius 3 is 2.91 bits per heavy atom. The van der Waals surface area contributed by atoms with Crippen LogP contribution in [0.2, 0.25) is 0 Å². The fraction of sp³-hybridized carbons (Fsp3) is 0.500. The summed E-state index contributed by atoms with van der Waals surface area (Å²) in [5.41, 5.74) is 3.68. The van der Waals surface area contributed by atoms with Gasteiger partial charge in [-0.2, -0.15) is 5.10 Å². The summed E-state index contributed by atoms with van der Waals surface area (Å²) in [5, 5.41) is 4.36. The molecule has 1 aliphatic rings. The molecule has 1 aliphatic heterocycles. The van der Waals surface area contributed by atoms with Gasteiger partial charge in [0.05, 0.1) is 32.6 Å². The van der Waals surface area contributed by atoms with Crippen molar-refractivity contribution in [3.63, 3.8) is 0 Å². The number of hydrogen-bond donors (Lipinski definition) is 0. The molecule has 2 heterocycles. The van der Waals surface area contributed by atoms with E-state index in [4.69, 9.17) is 9.47 Å². The Morgan fingerprint density at radius 2 is 2.17 bits per heavy atom. The minimum Gasteiger partial charge on any atom is -0.496 e. The number of methoxy groups -OCH3 is 1. The normalized spacial score (nSPS) is 19.0. The van der Waals surface area contributed by atoms with Crippen LogP contribution in [0.15, 0.2) is 30.6 Å². The summed E-state index contributed by atoms with van der Waals surface area (Å²) in [6.45, 7) is 8.49. The van der Waals surface area contributed by atoms with E-state index in [0.29, 0.717) is 0 Å². The Balaban J connectivity index is 1.63. The van der Waals surface area contributed by atoms with Gasteiger partial charge in [0.15, 0.2) is 0 Å². The van der Waals surface area contributed by atoms with Gasteiger partial charge in [0.2, 0.25) is 0 Å². The van der Waals surface area contributed by atoms with E-state index < -0.39 is 0 Å². The molecular formula is C18H25N3O2. The summed E-state index contributed by atoms with van der Waals surface area (Å²) in [5.74, 6) is 0.960. The first-order valence-corrected chi connectivity index (χ1v) is 8.10. The lowest BCUT2D eigenvalue weighted by atomic mass is 10.1. The zero-order chi connectivity index (χ0) is 16.2. The Morgan fingerprint density at radius 1 is 1.30 bits per heavy atom. The highest BCUT2D eigenvalue weighted by Crippen LogP contribution is 2.22. The van der Waals surface area contributed by atoms with E-state index in [1.165, 1.54) is 16.7 Å². The molecule has 124 valence electrons. The first-order valence-electron chi connectivity index (χ1n) is 8.10. The van der Waals surface area contributed by atoms with Crippen LogP contribution in [0.4, 0.5) is 0 Å². The van der Waals surface area contributed by atoms with Crippen LogP contribution in [0.5, 0.6) is 5.75 Å². The maximum atomic E-state index is 5.91. The first kappa shape index (κ1) is 16.0. The Bertz CT molecular complexity index is 653. The number of aryl methyl sites for hydroxylation is 2. The number of aromatic nitrogens is 2. The molecule has 0 amide bonds. The van der Waals surface area contributed by atoms with Crippen molar-refractivity contribution in [2.24, 2.45) is 0 Å². The highest BCUT2D eigenvalue weighted by atomic mass is 16.5. The van der Waals surface area contributed by atoms with Crippen LogP contribution >= 0.6 is 0 Å². The highest BCUT2D eigenvalue weighted by molar-refractivity contribution is 5.36. The topological polar surface area (TPSA) is 39.5 Å². The molecule has 1 unspecified atom stereocenters. The third-order valence-electron chi connectivity index (χ3n) is 4.21. The fourth-order valence-electron chi connectivity index (χ4n) is 3.08. The van der Waals surface area contributed by atoms with Crippen LogP contribution in [0, 0.1) is 13.8 Å². The smallest absolute Gasteiger partial charge is 0.123 e. The van der Waals surface area contributed by atoms with Crippen LogP contribution in [0.3, 0.4) is 0 Å². The number of ether oxygens (including phenoxy) is 2. The molecule has 0 spiro atoms. The average molecular weight is 315 g/mol. The van der Waals surface area contributed by atoms with Crippen LogP contribution in [0.25, 0.3) is 0 Å². The highest BCUT2D eigenvalue weighted by Gasteiger charge is 2.22. The van der Waals surface area contributed by atoms with Gasteiger partial charge in [-0.15, -0.1) is 0 Å². The molecule has 1 aromatic heterocycles. The zero-order valence-electron chi connectivity index (χ0n) is 14.2. The Hall–Kier alpha value is -1.85. The largest absolute Gasteiger partial charge is 0.496 e. The van der Waals surface area contributed by atoms with Crippen molar-refractivity contribution in [1.29, 1.82) is 0 Å². The quantitative estimate of drug-likeness (QED) is 0.849. The molecule has 2 aromatic rings. The van der Waals surface area contributed by atoms with Gasteiger partial charge in [-0.25, -0.2) is 0 Å². The molecule has 3 rings (SSSR count). The monoisotopic (exact) mass is 315 g/mol. The van der Waals surface area contributed by atoms with Gasteiger partial charge in [-0.3, -0.25) is 9.58 Å². The van der Waals surface area contributed by atoms with E-state index in [-0.39, 0.29) is 6.10 Å². The van der Waals surface area contributed by atoms with Crippen molar-refractivity contribution in [3.8, 4) is 5.75 Å². The second kappa shape index (κ2) is 7.15. The van der Waals surface area contributed by atoms with Gasteiger partial charge in [0.1, 0.15) is 5.75 Å². The third kappa shape index (κ3) is 4.12. The van der Waals surface area contributed by atoms with E-state index in [1.807, 2.05) is 10.9 Å². The predicted molar refractivity (Wildman–Crippen MR) is 89.7 cm³/mol. The van der Waals surface area contributed by atoms with Crippen molar-refractivity contribution >= 4 is 0 Å². The van der Waals surface area contributed by atoms with E-state index in [0.717, 1.165) is 38.5 Å². The molecule has 0 radical (unpaired) electrons. The van der Waals surface area contributed by atoms with Crippen molar-refractivity contribution < 1.29 is 9.47 Å². The number of morpholine rings is 1. The maximum absolute atomic E-state index is 5.91. The van der Waals surface area contributed by atoms with Gasteiger partial charge in [0.25, 0.3) is 0 Å². The minimum absolute atomic E-state index is 0.179. The van der Waals surface area contributed by atoms with Gasteiger partial charge in [-0.05, 0) is 25.5 Å². The zero-order valence-corrected chi connectivity index (χ0v) is 14.2. The standard InChI is InChI=1S/C18H25N3O2/c1-14-4-5-18(22-3)16(8-14)11-20-6-7-23-17(12-20)13-21-10-15(2)9-19-21/h4-5,8-10,17H,6-7,11-13H2,1-3H3. The van der Waals surface area contributed by atoms with E-state index in [9.17, 15) is 0 Å². The first-order chi connectivity index (χ1) is 11.1. The molecule has 1 fully saturated rings. The average Bonchev–Trinajstić information content (AvgIpc) is 2.93. The summed E-state index contributed by atoms with van der Waals surface area (Å²) in [4.78, 5) is 2.43. The van der Waals surface area contributed by atoms with Crippen LogP contribution < -0.4 is 4.74 Å². The number of hydrogen-bond acceptors (Lipinski definition) is 4. The SMILES string of the molecule is COc1ccc(C)cc1CN1CCOC(Cn2cc(C)cn2)C1. The summed E-state index contributed by atoms with van der Waals surface area (Å²) < 4.78 is 13.4. The lowest BCUT2D eigenvalue weighted by molar-refractivity contribution is -0.0403. The molecule has 1 aromatic carbocycles. The molecule has 1 atom stereocenters. The van der Waals surface area contributed by atoms with Gasteiger partial charge >= 0.3 is 0 Å². The second-order valence-electron chi connectivity index (χ2n) is 6.28. The summed E-state index contributed by atoms with van der Waals surface area (Å²) in [6, 6.07) is 6.35. The predicted octanol–water partition coefficient (Wildman–Crippen LogP) is 2.41. The van der Waals surface area contributed by atoms with Gasteiger partial charge in [-0.1, -0.05) is 17.7 Å². The van der Waals surface area contributed by atoms with E-state index in [1.54, 1.807) is 7.11 Å². The molecule has 5 nitrogen and oxygen atoms in total. The second-order valence-corrected chi connectivity index (χ2v) is 6.28. The molecular weight excluding hydrogens is 290 g/mol. The lowest BCUT2D eigenvalue weighted by Gasteiger charge is -2.33. The van der Waals surface area contributed by atoms with Crippen LogP contribution in [0.1, 0.15) is 16.7 Å². The molecule has 0 N–H and O–H groups in total. The molecule has 0 aliphatic carbocycles. The van der Waals surface area contributed by atoms with E-state index in [2.05, 4.69) is 48.2 Å². The van der Waals surface area contributed by atoms with Crippen molar-refractivity contribution in [2.75, 3.05) is 26.8 Å². The van der Waals surface area contributed by atoms with Crippen LogP contribution in [-0.2, 0) is 17.8 Å². The number of rotatable bonds is 5. The molecule has 5 heteroatoms. The van der Waals surface area contributed by atoms with Crippen molar-refractivity contribution in [1.82, 2.24) is 14.7 Å². The Labute approximate surface area is 137 Å². The number of nitrogens with zero attached hydrogens (tertiary/aromatic N) is 3. The lowest BCUT2D eigenvalue weighted by Crippen LogP contribution is -2.43. The maximum Gasteiger partial charge on any atom is 0.123 e. The molecule has 0 bridgehead atoms.